The highest BCUT2D eigenvalue weighted by Crippen LogP contribution is 2.30. The van der Waals surface area contributed by atoms with Gasteiger partial charge in [0.05, 0.1) is 6.54 Å². The van der Waals surface area contributed by atoms with Gasteiger partial charge >= 0.3 is 0 Å². The molecule has 0 atom stereocenters. The van der Waals surface area contributed by atoms with Gasteiger partial charge in [0.15, 0.2) is 6.61 Å². The molecule has 1 aromatic heterocycles. The Morgan fingerprint density at radius 3 is 2.14 bits per heavy atom. The molecule has 0 saturated heterocycles. The maximum absolute atomic E-state index is 13.7. The van der Waals surface area contributed by atoms with Gasteiger partial charge in [0.25, 0.3) is 5.91 Å². The summed E-state index contributed by atoms with van der Waals surface area (Å²) in [4.78, 5) is 30.9. The fourth-order valence-electron chi connectivity index (χ4n) is 5.30. The molecule has 0 spiro atoms. The summed E-state index contributed by atoms with van der Waals surface area (Å²) in [5, 5.41) is 0. The summed E-state index contributed by atoms with van der Waals surface area (Å²) in [7, 11) is 0. The predicted molar refractivity (Wildman–Crippen MR) is 144 cm³/mol. The minimum absolute atomic E-state index is 0.0357. The van der Waals surface area contributed by atoms with Crippen molar-refractivity contribution in [3.63, 3.8) is 0 Å². The van der Waals surface area contributed by atoms with Crippen molar-refractivity contribution in [2.24, 2.45) is 0 Å². The molecule has 6 nitrogen and oxygen atoms in total. The Labute approximate surface area is 219 Å². The largest absolute Gasteiger partial charge is 0.484 e. The summed E-state index contributed by atoms with van der Waals surface area (Å²) >= 11 is 0. The minimum Gasteiger partial charge on any atom is -0.484 e. The zero-order valence-electron chi connectivity index (χ0n) is 21.5. The lowest BCUT2D eigenvalue weighted by Gasteiger charge is -2.35. The molecule has 2 amide bonds. The molecule has 0 radical (unpaired) electrons. The third kappa shape index (κ3) is 6.82. The van der Waals surface area contributed by atoms with E-state index >= 15 is 0 Å². The van der Waals surface area contributed by atoms with Crippen molar-refractivity contribution in [3.8, 4) is 5.75 Å². The average molecular weight is 500 g/mol. The van der Waals surface area contributed by atoms with Crippen LogP contribution in [-0.4, -0.2) is 51.4 Å². The fourth-order valence-corrected chi connectivity index (χ4v) is 5.30. The van der Waals surface area contributed by atoms with Crippen LogP contribution in [0.3, 0.4) is 0 Å². The minimum atomic E-state index is -0.104. The number of amides is 2. The average Bonchev–Trinajstić information content (AvgIpc) is 3.70. The second kappa shape index (κ2) is 12.1. The van der Waals surface area contributed by atoms with E-state index in [1.165, 1.54) is 12.0 Å². The highest BCUT2D eigenvalue weighted by atomic mass is 16.5. The second-order valence-corrected chi connectivity index (χ2v) is 10.3. The summed E-state index contributed by atoms with van der Waals surface area (Å²) < 4.78 is 8.00. The van der Waals surface area contributed by atoms with Crippen molar-refractivity contribution in [2.45, 2.75) is 70.1 Å². The van der Waals surface area contributed by atoms with Gasteiger partial charge in [-0.15, -0.1) is 0 Å². The Morgan fingerprint density at radius 1 is 0.757 bits per heavy atom. The fraction of sp³-hybridized carbons (Fsp3) is 0.419. The summed E-state index contributed by atoms with van der Waals surface area (Å²) in [5.74, 6) is 0.602. The Morgan fingerprint density at radius 2 is 1.43 bits per heavy atom. The van der Waals surface area contributed by atoms with E-state index in [1.54, 1.807) is 0 Å². The molecule has 2 fully saturated rings. The van der Waals surface area contributed by atoms with Gasteiger partial charge in [-0.1, -0.05) is 67.8 Å². The van der Waals surface area contributed by atoms with Crippen LogP contribution in [-0.2, 0) is 22.7 Å². The number of hydrogen-bond acceptors (Lipinski definition) is 3. The maximum atomic E-state index is 13.7. The van der Waals surface area contributed by atoms with E-state index in [-0.39, 0.29) is 37.0 Å². The number of ether oxygens (including phenoxy) is 1. The maximum Gasteiger partial charge on any atom is 0.261 e. The lowest BCUT2D eigenvalue weighted by Crippen LogP contribution is -2.50. The number of carbonyl (C=O) groups excluding carboxylic acids is 2. The van der Waals surface area contributed by atoms with Crippen LogP contribution in [0.2, 0.25) is 0 Å². The number of nitrogens with zero attached hydrogens (tertiary/aromatic N) is 3. The molecule has 2 aromatic carbocycles. The van der Waals surface area contributed by atoms with Crippen molar-refractivity contribution < 1.29 is 14.3 Å². The van der Waals surface area contributed by atoms with Gasteiger partial charge in [0.2, 0.25) is 5.91 Å². The van der Waals surface area contributed by atoms with Crippen molar-refractivity contribution in [1.82, 2.24) is 14.4 Å². The monoisotopic (exact) mass is 499 g/mol. The van der Waals surface area contributed by atoms with Crippen LogP contribution >= 0.6 is 0 Å². The first-order chi connectivity index (χ1) is 18.2. The van der Waals surface area contributed by atoms with Crippen LogP contribution in [0, 0.1) is 0 Å². The molecule has 0 unspecified atom stereocenters. The second-order valence-electron chi connectivity index (χ2n) is 10.3. The Kier molecular flexibility index (Phi) is 8.24. The number of hydrogen-bond donors (Lipinski definition) is 0. The van der Waals surface area contributed by atoms with E-state index in [1.807, 2.05) is 52.3 Å². The topological polar surface area (TPSA) is 54.8 Å². The first kappa shape index (κ1) is 25.1. The molecule has 0 aliphatic heterocycles. The molecule has 3 aromatic rings. The van der Waals surface area contributed by atoms with E-state index in [0.717, 1.165) is 50.8 Å². The molecule has 194 valence electrons. The number of carbonyl (C=O) groups is 2. The first-order valence-electron chi connectivity index (χ1n) is 13.6. The van der Waals surface area contributed by atoms with E-state index < -0.39 is 0 Å². The van der Waals surface area contributed by atoms with E-state index in [9.17, 15) is 9.59 Å². The lowest BCUT2D eigenvalue weighted by atomic mass is 9.94. The molecule has 2 aliphatic carbocycles. The molecule has 0 N–H and O–H groups in total. The third-order valence-corrected chi connectivity index (χ3v) is 7.51. The smallest absolute Gasteiger partial charge is 0.261 e. The standard InChI is InChI=1S/C31H37N3O3/c35-30(23-34(26-13-6-2-7-14-26)31(36)24-37-29-16-8-3-9-17-29)33(27-18-19-27)22-28-15-10-20-32(28)21-25-11-4-1-5-12-25/h1,3-5,8-12,15-17,20,26-27H,2,6-7,13-14,18-19,21-24H2. The summed E-state index contributed by atoms with van der Waals surface area (Å²) in [6.07, 6.45) is 9.43. The van der Waals surface area contributed by atoms with Gasteiger partial charge < -0.3 is 19.1 Å². The van der Waals surface area contributed by atoms with Gasteiger partial charge in [-0.25, -0.2) is 0 Å². The van der Waals surface area contributed by atoms with E-state index in [2.05, 4.69) is 41.1 Å². The molecule has 37 heavy (non-hydrogen) atoms. The SMILES string of the molecule is O=C(COc1ccccc1)N(CC(=O)N(Cc1cccn1Cc1ccccc1)C1CC1)C1CCCCC1. The Bertz CT molecular complexity index is 1150. The van der Waals surface area contributed by atoms with Crippen molar-refractivity contribution in [1.29, 1.82) is 0 Å². The van der Waals surface area contributed by atoms with Crippen molar-refractivity contribution >= 4 is 11.8 Å². The molecule has 6 heteroatoms. The molecule has 1 heterocycles. The van der Waals surface area contributed by atoms with Crippen LogP contribution < -0.4 is 4.74 Å². The van der Waals surface area contributed by atoms with Gasteiger partial charge in [-0.3, -0.25) is 9.59 Å². The zero-order valence-corrected chi connectivity index (χ0v) is 21.5. The zero-order chi connectivity index (χ0) is 25.5. The molecule has 2 saturated carbocycles. The number of para-hydroxylation sites is 1. The van der Waals surface area contributed by atoms with E-state index in [0.29, 0.717) is 12.3 Å². The summed E-state index contributed by atoms with van der Waals surface area (Å²) in [6.45, 7) is 1.42. The predicted octanol–water partition coefficient (Wildman–Crippen LogP) is 5.27. The molecule has 0 bridgehead atoms. The van der Waals surface area contributed by atoms with Crippen molar-refractivity contribution in [2.75, 3.05) is 13.2 Å². The van der Waals surface area contributed by atoms with Crippen LogP contribution in [0.15, 0.2) is 79.0 Å². The molecular formula is C31H37N3O3. The molecule has 5 rings (SSSR count). The van der Waals surface area contributed by atoms with Crippen LogP contribution in [0.4, 0.5) is 0 Å². The normalized spacial score (nSPS) is 15.8. The number of benzene rings is 2. The highest BCUT2D eigenvalue weighted by molar-refractivity contribution is 5.86. The number of aromatic nitrogens is 1. The summed E-state index contributed by atoms with van der Waals surface area (Å²) in [6, 6.07) is 24.3. The lowest BCUT2D eigenvalue weighted by molar-refractivity contribution is -0.145. The quantitative estimate of drug-likeness (QED) is 0.361. The van der Waals surface area contributed by atoms with Crippen LogP contribution in [0.5, 0.6) is 5.75 Å². The van der Waals surface area contributed by atoms with Crippen LogP contribution in [0.1, 0.15) is 56.2 Å². The Hall–Kier alpha value is -3.54. The molecule has 2 aliphatic rings. The van der Waals surface area contributed by atoms with Gasteiger partial charge in [0.1, 0.15) is 12.3 Å². The highest BCUT2D eigenvalue weighted by Gasteiger charge is 2.36. The van der Waals surface area contributed by atoms with Gasteiger partial charge in [-0.05, 0) is 55.5 Å². The first-order valence-corrected chi connectivity index (χ1v) is 13.6. The Balaban J connectivity index is 1.27. The third-order valence-electron chi connectivity index (χ3n) is 7.51. The molecular weight excluding hydrogens is 462 g/mol. The summed E-state index contributed by atoms with van der Waals surface area (Å²) in [5.41, 5.74) is 2.35. The van der Waals surface area contributed by atoms with E-state index in [4.69, 9.17) is 4.74 Å². The van der Waals surface area contributed by atoms with Crippen LogP contribution in [0.25, 0.3) is 0 Å². The van der Waals surface area contributed by atoms with Crippen molar-refractivity contribution in [3.05, 3.63) is 90.3 Å². The number of rotatable bonds is 11. The van der Waals surface area contributed by atoms with Gasteiger partial charge in [-0.2, -0.15) is 0 Å². The van der Waals surface area contributed by atoms with Gasteiger partial charge in [0, 0.05) is 30.5 Å².